The Kier molecular flexibility index (Phi) is 10.9. The highest BCUT2D eigenvalue weighted by Crippen LogP contribution is 2.14. The van der Waals surface area contributed by atoms with E-state index < -0.39 is 0 Å². The van der Waals surface area contributed by atoms with Crippen molar-refractivity contribution in [2.24, 2.45) is 0 Å². The molecular weight excluding hydrogens is 328 g/mol. The van der Waals surface area contributed by atoms with Crippen LogP contribution in [0.25, 0.3) is 5.69 Å². The predicted octanol–water partition coefficient (Wildman–Crippen LogP) is 7.03. The summed E-state index contributed by atoms with van der Waals surface area (Å²) in [7, 11) is 0. The highest BCUT2D eigenvalue weighted by atomic mass is 15.1. The largest absolute Gasteiger partial charge is 0.261 e. The van der Waals surface area contributed by atoms with Gasteiger partial charge in [-0.3, -0.25) is 0 Å². The second-order valence-electron chi connectivity index (χ2n) is 7.90. The van der Waals surface area contributed by atoms with Gasteiger partial charge in [0.2, 0.25) is 0 Å². The van der Waals surface area contributed by atoms with E-state index >= 15 is 0 Å². The maximum atomic E-state index is 2.45. The number of aromatic nitrogens is 2. The van der Waals surface area contributed by atoms with E-state index in [9.17, 15) is 0 Å². The molecule has 0 N–H and O–H groups in total. The lowest BCUT2D eigenvalue weighted by atomic mass is 10.1. The van der Waals surface area contributed by atoms with Crippen LogP contribution in [0.1, 0.15) is 96.7 Å². The molecule has 0 saturated carbocycles. The van der Waals surface area contributed by atoms with Crippen molar-refractivity contribution in [1.82, 2.24) is 4.57 Å². The van der Waals surface area contributed by atoms with Gasteiger partial charge in [-0.1, -0.05) is 96.3 Å². The predicted molar refractivity (Wildman–Crippen MR) is 116 cm³/mol. The lowest BCUT2D eigenvalue weighted by molar-refractivity contribution is -0.703. The molecule has 0 amide bonds. The van der Waals surface area contributed by atoms with Crippen LogP contribution in [0.15, 0.2) is 42.7 Å². The summed E-state index contributed by atoms with van der Waals surface area (Å²) in [6, 6.07) is 10.8. The van der Waals surface area contributed by atoms with Gasteiger partial charge in [-0.15, -0.1) is 0 Å². The first-order chi connectivity index (χ1) is 13.4. The van der Waals surface area contributed by atoms with E-state index in [1.165, 1.54) is 95.0 Å². The fourth-order valence-corrected chi connectivity index (χ4v) is 3.94. The van der Waals surface area contributed by atoms with Gasteiger partial charge in [-0.2, -0.15) is 4.57 Å². The van der Waals surface area contributed by atoms with Crippen molar-refractivity contribution in [3.63, 3.8) is 0 Å². The van der Waals surface area contributed by atoms with Crippen molar-refractivity contribution in [1.29, 1.82) is 0 Å². The minimum atomic E-state index is 1.12. The average Bonchev–Trinajstić information content (AvgIpc) is 3.10. The number of rotatable bonds is 15. The molecule has 0 aliphatic rings. The topological polar surface area (TPSA) is 8.81 Å². The molecule has 1 aromatic carbocycles. The summed E-state index contributed by atoms with van der Waals surface area (Å²) in [4.78, 5) is 0. The van der Waals surface area contributed by atoms with Crippen molar-refractivity contribution >= 4 is 0 Å². The number of unbranched alkanes of at least 4 members (excludes halogenated alkanes) is 10. The van der Waals surface area contributed by atoms with Gasteiger partial charge in [-0.05, 0) is 25.0 Å². The Morgan fingerprint density at radius 2 is 1.30 bits per heavy atom. The van der Waals surface area contributed by atoms with Crippen LogP contribution in [0.5, 0.6) is 0 Å². The molecule has 0 atom stereocenters. The molecule has 0 fully saturated rings. The van der Waals surface area contributed by atoms with Crippen LogP contribution < -0.4 is 4.57 Å². The molecule has 27 heavy (non-hydrogen) atoms. The Balaban J connectivity index is 1.70. The Labute approximate surface area is 167 Å². The first-order valence-corrected chi connectivity index (χ1v) is 11.5. The molecule has 0 saturated heterocycles. The number of para-hydroxylation sites is 1. The normalized spacial score (nSPS) is 11.2. The third-order valence-electron chi connectivity index (χ3n) is 5.51. The summed E-state index contributed by atoms with van der Waals surface area (Å²) in [5.74, 6) is 1.46. The van der Waals surface area contributed by atoms with Crippen LogP contribution >= 0.6 is 0 Å². The second-order valence-corrected chi connectivity index (χ2v) is 7.90. The summed E-state index contributed by atoms with van der Waals surface area (Å²) in [6.45, 7) is 5.67. The maximum absolute atomic E-state index is 2.45. The van der Waals surface area contributed by atoms with Gasteiger partial charge in [0.05, 0.1) is 6.54 Å². The van der Waals surface area contributed by atoms with Crippen molar-refractivity contribution in [2.75, 3.05) is 0 Å². The molecule has 150 valence electrons. The Bertz CT molecular complexity index is 600. The first kappa shape index (κ1) is 21.7. The monoisotopic (exact) mass is 369 g/mol. The molecule has 2 aromatic rings. The fourth-order valence-electron chi connectivity index (χ4n) is 3.94. The molecular formula is C25H41N2+. The number of aryl methyl sites for hydroxylation is 1. The summed E-state index contributed by atoms with van der Waals surface area (Å²) < 4.78 is 4.83. The van der Waals surface area contributed by atoms with E-state index in [2.05, 4.69) is 65.7 Å². The van der Waals surface area contributed by atoms with E-state index in [1.54, 1.807) is 0 Å². The molecule has 1 heterocycles. The lowest BCUT2D eigenvalue weighted by Gasteiger charge is -2.05. The fraction of sp³-hybridized carbons (Fsp3) is 0.640. The van der Waals surface area contributed by atoms with Gasteiger partial charge >= 0.3 is 0 Å². The minimum Gasteiger partial charge on any atom is -0.234 e. The van der Waals surface area contributed by atoms with Crippen molar-refractivity contribution < 1.29 is 4.57 Å². The summed E-state index contributed by atoms with van der Waals surface area (Å²) in [5, 5.41) is 0. The molecule has 0 spiro atoms. The van der Waals surface area contributed by atoms with Crippen molar-refractivity contribution in [3.05, 3.63) is 48.5 Å². The Morgan fingerprint density at radius 3 is 1.89 bits per heavy atom. The molecule has 0 aliphatic carbocycles. The van der Waals surface area contributed by atoms with Crippen LogP contribution in [-0.2, 0) is 13.0 Å². The van der Waals surface area contributed by atoms with Crippen LogP contribution in [-0.4, -0.2) is 4.57 Å². The standard InChI is InChI=1S/C25H41N2/c1-3-5-6-7-8-9-10-11-12-13-17-20-25-26(21-4-2)22-23-27(25)24-18-15-14-16-19-24/h14-16,18-19,22-23H,3-13,17,20-21H2,1-2H3/q+1. The van der Waals surface area contributed by atoms with Crippen LogP contribution in [0, 0.1) is 0 Å². The molecule has 0 unspecified atom stereocenters. The van der Waals surface area contributed by atoms with E-state index in [4.69, 9.17) is 0 Å². The number of benzene rings is 1. The maximum Gasteiger partial charge on any atom is 0.261 e. The van der Waals surface area contributed by atoms with Gasteiger partial charge in [0.15, 0.2) is 0 Å². The molecule has 1 aromatic heterocycles. The molecule has 2 nitrogen and oxygen atoms in total. The second kappa shape index (κ2) is 13.6. The zero-order valence-electron chi connectivity index (χ0n) is 17.8. The summed E-state index contributed by atoms with van der Waals surface area (Å²) in [6.07, 6.45) is 22.3. The third kappa shape index (κ3) is 7.91. The quantitative estimate of drug-likeness (QED) is 0.235. The van der Waals surface area contributed by atoms with Crippen molar-refractivity contribution in [2.45, 2.75) is 104 Å². The van der Waals surface area contributed by atoms with Gasteiger partial charge in [0.25, 0.3) is 5.82 Å². The molecule has 2 heteroatoms. The molecule has 0 bridgehead atoms. The number of hydrogen-bond donors (Lipinski definition) is 0. The van der Waals surface area contributed by atoms with Gasteiger partial charge < -0.3 is 0 Å². The summed E-state index contributed by atoms with van der Waals surface area (Å²) >= 11 is 0. The van der Waals surface area contributed by atoms with E-state index in [1.807, 2.05) is 0 Å². The number of hydrogen-bond acceptors (Lipinski definition) is 0. The molecule has 0 aliphatic heterocycles. The Morgan fingerprint density at radius 1 is 0.704 bits per heavy atom. The lowest BCUT2D eigenvalue weighted by Crippen LogP contribution is -2.36. The zero-order chi connectivity index (χ0) is 19.2. The highest BCUT2D eigenvalue weighted by molar-refractivity contribution is 5.31. The van der Waals surface area contributed by atoms with Crippen LogP contribution in [0.2, 0.25) is 0 Å². The molecule has 0 radical (unpaired) electrons. The van der Waals surface area contributed by atoms with E-state index in [0.717, 1.165) is 6.54 Å². The van der Waals surface area contributed by atoms with Gasteiger partial charge in [0.1, 0.15) is 18.1 Å². The minimum absolute atomic E-state index is 1.12. The summed E-state index contributed by atoms with van der Waals surface area (Å²) in [5.41, 5.74) is 1.28. The van der Waals surface area contributed by atoms with E-state index in [-0.39, 0.29) is 0 Å². The van der Waals surface area contributed by atoms with Crippen molar-refractivity contribution in [3.8, 4) is 5.69 Å². The SMILES string of the molecule is CCCCCCCCCCCCCc1n(-c2ccccc2)cc[n+]1CCC. The Hall–Kier alpha value is -1.57. The smallest absolute Gasteiger partial charge is 0.234 e. The number of imidazole rings is 1. The van der Waals surface area contributed by atoms with Crippen LogP contribution in [0.4, 0.5) is 0 Å². The highest BCUT2D eigenvalue weighted by Gasteiger charge is 2.17. The van der Waals surface area contributed by atoms with Crippen LogP contribution in [0.3, 0.4) is 0 Å². The van der Waals surface area contributed by atoms with Gasteiger partial charge in [-0.25, -0.2) is 4.57 Å². The average molecular weight is 370 g/mol. The first-order valence-electron chi connectivity index (χ1n) is 11.5. The van der Waals surface area contributed by atoms with E-state index in [0.29, 0.717) is 0 Å². The van der Waals surface area contributed by atoms with Gasteiger partial charge in [0, 0.05) is 6.42 Å². The molecule has 2 rings (SSSR count). The third-order valence-corrected chi connectivity index (χ3v) is 5.51. The zero-order valence-corrected chi connectivity index (χ0v) is 17.8. The number of nitrogens with zero attached hydrogens (tertiary/aromatic N) is 2.